The standard InChI is InChI=1S/C14H21N3O2/c1-19-14-11(5-4-8-15-14)9-17-13(18)10-16-12-6-2-3-7-12/h4-5,8,12,16H,2-3,6-7,9-10H2,1H3,(H,17,18). The number of hydrogen-bond donors (Lipinski definition) is 2. The molecular weight excluding hydrogens is 242 g/mol. The molecule has 1 aliphatic carbocycles. The van der Waals surface area contributed by atoms with E-state index >= 15 is 0 Å². The Morgan fingerprint density at radius 3 is 3.00 bits per heavy atom. The maximum Gasteiger partial charge on any atom is 0.234 e. The Morgan fingerprint density at radius 2 is 2.26 bits per heavy atom. The van der Waals surface area contributed by atoms with E-state index in [2.05, 4.69) is 15.6 Å². The molecule has 1 amide bonds. The predicted octanol–water partition coefficient (Wildman–Crippen LogP) is 1.24. The number of pyridine rings is 1. The van der Waals surface area contributed by atoms with E-state index in [0.717, 1.165) is 5.56 Å². The van der Waals surface area contributed by atoms with E-state index in [4.69, 9.17) is 4.74 Å². The maximum absolute atomic E-state index is 11.7. The second kappa shape index (κ2) is 7.09. The molecule has 0 saturated heterocycles. The van der Waals surface area contributed by atoms with Crippen molar-refractivity contribution in [3.05, 3.63) is 23.9 Å². The second-order valence-electron chi connectivity index (χ2n) is 4.81. The largest absolute Gasteiger partial charge is 0.481 e. The Labute approximate surface area is 113 Å². The molecule has 0 atom stereocenters. The molecule has 0 radical (unpaired) electrons. The number of rotatable bonds is 6. The minimum absolute atomic E-state index is 0.0119. The Morgan fingerprint density at radius 1 is 1.47 bits per heavy atom. The molecule has 1 aromatic heterocycles. The van der Waals surface area contributed by atoms with Crippen molar-refractivity contribution in [3.8, 4) is 5.88 Å². The third kappa shape index (κ3) is 4.21. The molecule has 0 unspecified atom stereocenters. The van der Waals surface area contributed by atoms with E-state index in [1.54, 1.807) is 13.3 Å². The van der Waals surface area contributed by atoms with E-state index < -0.39 is 0 Å². The Hall–Kier alpha value is -1.62. The zero-order valence-corrected chi connectivity index (χ0v) is 11.3. The number of hydrogen-bond acceptors (Lipinski definition) is 4. The molecule has 1 fully saturated rings. The van der Waals surface area contributed by atoms with Crippen LogP contribution in [0, 0.1) is 0 Å². The van der Waals surface area contributed by atoms with Crippen molar-refractivity contribution in [2.45, 2.75) is 38.3 Å². The lowest BCUT2D eigenvalue weighted by Gasteiger charge is -2.12. The highest BCUT2D eigenvalue weighted by Gasteiger charge is 2.15. The summed E-state index contributed by atoms with van der Waals surface area (Å²) >= 11 is 0. The lowest BCUT2D eigenvalue weighted by atomic mass is 10.2. The number of carbonyl (C=O) groups is 1. The molecule has 2 rings (SSSR count). The van der Waals surface area contributed by atoms with Crippen LogP contribution < -0.4 is 15.4 Å². The summed E-state index contributed by atoms with van der Waals surface area (Å²) in [4.78, 5) is 15.8. The van der Waals surface area contributed by atoms with Crippen molar-refractivity contribution in [1.29, 1.82) is 0 Å². The summed E-state index contributed by atoms with van der Waals surface area (Å²) in [6, 6.07) is 4.25. The molecule has 0 aliphatic heterocycles. The van der Waals surface area contributed by atoms with E-state index in [9.17, 15) is 4.79 Å². The normalized spacial score (nSPS) is 15.4. The van der Waals surface area contributed by atoms with Crippen LogP contribution >= 0.6 is 0 Å². The van der Waals surface area contributed by atoms with E-state index in [1.807, 2.05) is 12.1 Å². The zero-order chi connectivity index (χ0) is 13.5. The highest BCUT2D eigenvalue weighted by molar-refractivity contribution is 5.78. The van der Waals surface area contributed by atoms with Gasteiger partial charge in [-0.05, 0) is 18.9 Å². The van der Waals surface area contributed by atoms with Gasteiger partial charge in [0.2, 0.25) is 11.8 Å². The van der Waals surface area contributed by atoms with Crippen LogP contribution in [0.25, 0.3) is 0 Å². The summed E-state index contributed by atoms with van der Waals surface area (Å²) < 4.78 is 5.14. The van der Waals surface area contributed by atoms with Crippen molar-refractivity contribution in [1.82, 2.24) is 15.6 Å². The van der Waals surface area contributed by atoms with Crippen molar-refractivity contribution in [2.75, 3.05) is 13.7 Å². The van der Waals surface area contributed by atoms with Crippen LogP contribution in [-0.2, 0) is 11.3 Å². The summed E-state index contributed by atoms with van der Waals surface area (Å²) in [5.74, 6) is 0.573. The van der Waals surface area contributed by atoms with Gasteiger partial charge in [0.25, 0.3) is 0 Å². The molecule has 2 N–H and O–H groups in total. The first-order valence-electron chi connectivity index (χ1n) is 6.77. The van der Waals surface area contributed by atoms with Gasteiger partial charge in [0, 0.05) is 24.3 Å². The third-order valence-corrected chi connectivity index (χ3v) is 3.43. The van der Waals surface area contributed by atoms with Gasteiger partial charge >= 0.3 is 0 Å². The van der Waals surface area contributed by atoms with Crippen LogP contribution in [0.2, 0.25) is 0 Å². The lowest BCUT2D eigenvalue weighted by molar-refractivity contribution is -0.120. The summed E-state index contributed by atoms with van der Waals surface area (Å²) in [5.41, 5.74) is 0.888. The van der Waals surface area contributed by atoms with Gasteiger partial charge in [0.15, 0.2) is 0 Å². The van der Waals surface area contributed by atoms with Gasteiger partial charge < -0.3 is 15.4 Å². The molecule has 1 aliphatic rings. The van der Waals surface area contributed by atoms with Crippen LogP contribution in [0.5, 0.6) is 5.88 Å². The van der Waals surface area contributed by atoms with Gasteiger partial charge in [0.05, 0.1) is 13.7 Å². The first kappa shape index (κ1) is 13.8. The van der Waals surface area contributed by atoms with Crippen LogP contribution in [0.1, 0.15) is 31.2 Å². The van der Waals surface area contributed by atoms with Gasteiger partial charge in [0.1, 0.15) is 0 Å². The van der Waals surface area contributed by atoms with Crippen LogP contribution in [0.3, 0.4) is 0 Å². The average molecular weight is 263 g/mol. The minimum Gasteiger partial charge on any atom is -0.481 e. The summed E-state index contributed by atoms with van der Waals surface area (Å²) in [6.07, 6.45) is 6.58. The number of ether oxygens (including phenoxy) is 1. The molecule has 104 valence electrons. The Kier molecular flexibility index (Phi) is 5.15. The molecule has 5 nitrogen and oxygen atoms in total. The predicted molar refractivity (Wildman–Crippen MR) is 72.9 cm³/mol. The highest BCUT2D eigenvalue weighted by Crippen LogP contribution is 2.17. The molecule has 5 heteroatoms. The number of nitrogens with zero attached hydrogens (tertiary/aromatic N) is 1. The topological polar surface area (TPSA) is 63.2 Å². The number of nitrogens with one attached hydrogen (secondary N) is 2. The second-order valence-corrected chi connectivity index (χ2v) is 4.81. The van der Waals surface area contributed by atoms with Crippen LogP contribution in [0.4, 0.5) is 0 Å². The van der Waals surface area contributed by atoms with Gasteiger partial charge in [-0.2, -0.15) is 0 Å². The SMILES string of the molecule is COc1ncccc1CNC(=O)CNC1CCCC1. The molecule has 1 aromatic rings. The van der Waals surface area contributed by atoms with Crippen LogP contribution in [-0.4, -0.2) is 30.6 Å². The summed E-state index contributed by atoms with van der Waals surface area (Å²) in [7, 11) is 1.58. The lowest BCUT2D eigenvalue weighted by Crippen LogP contribution is -2.37. The molecule has 0 aromatic carbocycles. The molecule has 0 spiro atoms. The van der Waals surface area contributed by atoms with E-state index in [-0.39, 0.29) is 5.91 Å². The number of amides is 1. The number of carbonyl (C=O) groups excluding carboxylic acids is 1. The third-order valence-electron chi connectivity index (χ3n) is 3.43. The van der Waals surface area contributed by atoms with Crippen molar-refractivity contribution in [3.63, 3.8) is 0 Å². The fourth-order valence-corrected chi connectivity index (χ4v) is 2.37. The maximum atomic E-state index is 11.7. The molecule has 0 bridgehead atoms. The van der Waals surface area contributed by atoms with E-state index in [0.29, 0.717) is 25.0 Å². The number of methoxy groups -OCH3 is 1. The van der Waals surface area contributed by atoms with E-state index in [1.165, 1.54) is 25.7 Å². The van der Waals surface area contributed by atoms with Gasteiger partial charge in [-0.3, -0.25) is 4.79 Å². The van der Waals surface area contributed by atoms with Gasteiger partial charge in [-0.1, -0.05) is 18.9 Å². The molecule has 1 heterocycles. The number of aromatic nitrogens is 1. The van der Waals surface area contributed by atoms with Gasteiger partial charge in [-0.25, -0.2) is 4.98 Å². The summed E-state index contributed by atoms with van der Waals surface area (Å²) in [6.45, 7) is 0.829. The summed E-state index contributed by atoms with van der Waals surface area (Å²) in [5, 5.41) is 6.16. The highest BCUT2D eigenvalue weighted by atomic mass is 16.5. The fourth-order valence-electron chi connectivity index (χ4n) is 2.37. The van der Waals surface area contributed by atoms with Crippen molar-refractivity contribution >= 4 is 5.91 Å². The Bertz CT molecular complexity index is 417. The van der Waals surface area contributed by atoms with Crippen molar-refractivity contribution in [2.24, 2.45) is 0 Å². The zero-order valence-electron chi connectivity index (χ0n) is 11.3. The minimum atomic E-state index is 0.0119. The van der Waals surface area contributed by atoms with Crippen LogP contribution in [0.15, 0.2) is 18.3 Å². The monoisotopic (exact) mass is 263 g/mol. The Balaban J connectivity index is 1.73. The molecule has 1 saturated carbocycles. The van der Waals surface area contributed by atoms with Crippen molar-refractivity contribution < 1.29 is 9.53 Å². The molecule has 19 heavy (non-hydrogen) atoms. The first-order valence-corrected chi connectivity index (χ1v) is 6.77. The molecular formula is C14H21N3O2. The first-order chi connectivity index (χ1) is 9.29. The smallest absolute Gasteiger partial charge is 0.234 e. The fraction of sp³-hybridized carbons (Fsp3) is 0.571. The van der Waals surface area contributed by atoms with Gasteiger partial charge in [-0.15, -0.1) is 0 Å². The average Bonchev–Trinajstić information content (AvgIpc) is 2.96. The quantitative estimate of drug-likeness (QED) is 0.810.